The van der Waals surface area contributed by atoms with E-state index in [1.54, 1.807) is 6.92 Å². The Kier molecular flexibility index (Phi) is 50.2. The fourth-order valence-electron chi connectivity index (χ4n) is 23.5. The number of ether oxygens (including phenoxy) is 8. The molecule has 8 aliphatic carbocycles. The maximum absolute atomic E-state index is 12.7. The largest absolute Gasteiger partial charge is 0.459 e. The van der Waals surface area contributed by atoms with Gasteiger partial charge in [-0.2, -0.15) is 0 Å². The first kappa shape index (κ1) is 129. The van der Waals surface area contributed by atoms with E-state index in [4.69, 9.17) is 37.9 Å². The summed E-state index contributed by atoms with van der Waals surface area (Å²) < 4.78 is 46.3. The molecule has 814 valence electrons. The zero-order valence-electron chi connectivity index (χ0n) is 99.0. The van der Waals surface area contributed by atoms with E-state index < -0.39 is 11.6 Å². The van der Waals surface area contributed by atoms with Crippen LogP contribution in [-0.2, 0) is 76.3 Å². The number of hydrogen-bond acceptors (Lipinski definition) is 16. The first-order valence-corrected chi connectivity index (χ1v) is 57.3. The van der Waals surface area contributed by atoms with E-state index in [0.29, 0.717) is 74.4 Å². The van der Waals surface area contributed by atoms with Crippen molar-refractivity contribution in [2.24, 2.45) is 137 Å². The van der Waals surface area contributed by atoms with Gasteiger partial charge in [-0.15, -0.1) is 0 Å². The second kappa shape index (κ2) is 54.1. The van der Waals surface area contributed by atoms with Gasteiger partial charge in [-0.05, 0) is 457 Å². The lowest BCUT2D eigenvalue weighted by molar-refractivity contribution is -0.181. The van der Waals surface area contributed by atoms with Crippen LogP contribution in [0.4, 0.5) is 0 Å². The van der Waals surface area contributed by atoms with Crippen molar-refractivity contribution in [1.29, 1.82) is 0 Å². The SMILES string of the molecule is CCC(C)(C)C(=O)OC(C)(C)C1CCC(C(C)(C)C)CC1.CCC(C)(C)C(=O)OC(C)(CC)C1CCC(C(C)(C)C)CC1.CCC(C)(C)C(=O)OC(CC)(CC)C1CCC(C(C)(C)C)CC1.CCC(C)(C)C(=O)OC1(C2CCC(C(C)(C)C)CC2)CCCC1.CCC(C)C(=O)OCC(=O)OC(C)(C)C1CCC(C(C)(C)C)CC1.CCC(C)C(=O)OCC(=O)OC1(C2CCC(C(C)(C)C)CC2)CCCC1. The predicted octanol–water partition coefficient (Wildman–Crippen LogP) is 34.1. The molecule has 8 saturated carbocycles. The van der Waals surface area contributed by atoms with Crippen LogP contribution >= 0.6 is 0 Å². The molecule has 16 nitrogen and oxygen atoms in total. The molecule has 3 atom stereocenters. The number of hydrogen-bond donors (Lipinski definition) is 0. The molecule has 0 aromatic rings. The van der Waals surface area contributed by atoms with E-state index in [9.17, 15) is 38.4 Å². The minimum Gasteiger partial charge on any atom is -0.459 e. The molecule has 139 heavy (non-hydrogen) atoms. The molecule has 0 aromatic heterocycles. The van der Waals surface area contributed by atoms with Gasteiger partial charge in [-0.25, -0.2) is 9.59 Å². The van der Waals surface area contributed by atoms with Crippen molar-refractivity contribution in [3.05, 3.63) is 0 Å². The number of carbonyl (C=O) groups is 8. The van der Waals surface area contributed by atoms with Crippen molar-refractivity contribution in [1.82, 2.24) is 0 Å². The van der Waals surface area contributed by atoms with Crippen molar-refractivity contribution in [2.75, 3.05) is 13.2 Å². The lowest BCUT2D eigenvalue weighted by Crippen LogP contribution is -2.46. The summed E-state index contributed by atoms with van der Waals surface area (Å²) in [5.74, 6) is 5.75. The van der Waals surface area contributed by atoms with Gasteiger partial charge in [0.1, 0.15) is 33.6 Å². The third kappa shape index (κ3) is 39.4. The molecular weight excluding hydrogens is 1730 g/mol. The molecule has 0 bridgehead atoms. The zero-order chi connectivity index (χ0) is 107. The number of carbonyl (C=O) groups excluding carboxylic acids is 8. The summed E-state index contributed by atoms with van der Waals surface area (Å²) in [6.45, 7) is 90.1. The van der Waals surface area contributed by atoms with Crippen molar-refractivity contribution < 1.29 is 76.3 Å². The van der Waals surface area contributed by atoms with Crippen LogP contribution in [0.1, 0.15) is 554 Å². The van der Waals surface area contributed by atoms with Gasteiger partial charge in [0.05, 0.1) is 33.5 Å². The van der Waals surface area contributed by atoms with Crippen LogP contribution in [0.15, 0.2) is 0 Å². The minimum atomic E-state index is -0.511. The highest BCUT2D eigenvalue weighted by atomic mass is 16.6. The molecule has 0 saturated heterocycles. The highest BCUT2D eigenvalue weighted by Crippen LogP contribution is 2.55. The molecule has 8 fully saturated rings. The molecule has 0 aliphatic heterocycles. The van der Waals surface area contributed by atoms with E-state index in [1.165, 1.54) is 141 Å². The molecule has 0 N–H and O–H groups in total. The Morgan fingerprint density at radius 1 is 0.252 bits per heavy atom. The standard InChI is InChI=1S/C22H38O4.C21H38O2.C21H40O2.C20H36O4.C20H38O2.C19H36O2/c1-6-16(2)20(24)25-15-19(23)26-22(13-7-8-14-22)18-11-9-17(10-12-18)21(3,4)5;1-7-20(5,6)18(22)23-21(14-8-9-15-21)17-12-10-16(11-13-17)19(2,3)4;1-9-20(7,8)18(22)23-21(10-2,11-3)17-14-12-16(13-15-17)19(4,5)6;1-8-14(2)18(22)23-13-17(21)24-20(6,7)16-11-9-15(10-12-16)19(3,4)5;1-9-19(6,7)17(21)22-20(8,10-2)16-13-11-15(12-14-16)18(3,4)5;1-9-18(5,6)16(20)21-19(7,8)15-12-10-14(11-13-15)17(2,3)4/h16-18H,6-15H2,1-5H3;16-17H,7-15H2,1-6H3;16-17H,9-15H2,1-8H3;14-16H,8-13H2,1-7H3;15-16H,9-14H2,1-8H3;14-15H,9-13H2,1-8H3. The smallest absolute Gasteiger partial charge is 0.344 e. The Morgan fingerprint density at radius 3 is 0.763 bits per heavy atom. The summed E-state index contributed by atoms with van der Waals surface area (Å²) in [6.07, 6.45) is 45.3. The molecule has 16 heteroatoms. The first-order valence-electron chi connectivity index (χ1n) is 57.3. The second-order valence-electron chi connectivity index (χ2n) is 56.0. The average Bonchev–Trinajstić information content (AvgIpc) is 1.68. The topological polar surface area (TPSA) is 210 Å². The Bertz CT molecular complexity index is 3570. The Balaban J connectivity index is 0.000000430. The Labute approximate surface area is 856 Å². The lowest BCUT2D eigenvalue weighted by atomic mass is 9.65. The summed E-state index contributed by atoms with van der Waals surface area (Å²) in [5, 5.41) is 0. The van der Waals surface area contributed by atoms with Crippen LogP contribution in [-0.4, -0.2) is 94.6 Å². The number of rotatable bonds is 31. The summed E-state index contributed by atoms with van der Waals surface area (Å²) in [4.78, 5) is 98.1. The summed E-state index contributed by atoms with van der Waals surface area (Å²) in [6, 6.07) is 0. The van der Waals surface area contributed by atoms with E-state index >= 15 is 0 Å². The molecule has 0 radical (unpaired) electrons. The van der Waals surface area contributed by atoms with Gasteiger partial charge in [0.25, 0.3) is 0 Å². The molecule has 3 unspecified atom stereocenters. The molecule has 0 heterocycles. The summed E-state index contributed by atoms with van der Waals surface area (Å²) in [7, 11) is 0. The van der Waals surface area contributed by atoms with E-state index in [-0.39, 0.29) is 116 Å². The highest BCUT2D eigenvalue weighted by Gasteiger charge is 2.53. The van der Waals surface area contributed by atoms with Gasteiger partial charge in [0, 0.05) is 0 Å². The van der Waals surface area contributed by atoms with Crippen molar-refractivity contribution in [3.63, 3.8) is 0 Å². The zero-order valence-corrected chi connectivity index (χ0v) is 99.0. The summed E-state index contributed by atoms with van der Waals surface area (Å²) >= 11 is 0. The lowest BCUT2D eigenvalue weighted by Gasteiger charge is -2.46. The average molecular weight is 1960 g/mol. The van der Waals surface area contributed by atoms with Gasteiger partial charge in [-0.3, -0.25) is 28.8 Å². The summed E-state index contributed by atoms with van der Waals surface area (Å²) in [5.41, 5.74) is -1.05. The van der Waals surface area contributed by atoms with E-state index in [2.05, 4.69) is 187 Å². The quantitative estimate of drug-likeness (QED) is 0.0467. The normalized spacial score (nSPS) is 25.7. The Hall–Kier alpha value is -4.24. The molecule has 0 amide bonds. The van der Waals surface area contributed by atoms with Crippen molar-refractivity contribution in [2.45, 2.75) is 588 Å². The van der Waals surface area contributed by atoms with Crippen LogP contribution in [0.2, 0.25) is 0 Å². The number of esters is 8. The first-order chi connectivity index (χ1) is 63.6. The Morgan fingerprint density at radius 2 is 0.489 bits per heavy atom. The molecule has 8 rings (SSSR count). The maximum atomic E-state index is 12.7. The molecule has 8 aliphatic rings. The highest BCUT2D eigenvalue weighted by molar-refractivity contribution is 5.80. The maximum Gasteiger partial charge on any atom is 0.344 e. The van der Waals surface area contributed by atoms with Crippen molar-refractivity contribution in [3.8, 4) is 0 Å². The minimum absolute atomic E-state index is 0.0124. The van der Waals surface area contributed by atoms with Gasteiger partial charge in [0.2, 0.25) is 0 Å². The monoisotopic (exact) mass is 1960 g/mol. The molecule has 0 spiro atoms. The van der Waals surface area contributed by atoms with Crippen LogP contribution in [0.5, 0.6) is 0 Å². The fraction of sp³-hybridized carbons (Fsp3) is 0.935. The third-order valence-corrected chi connectivity index (χ3v) is 38.0. The van der Waals surface area contributed by atoms with Gasteiger partial charge in [-0.1, -0.05) is 201 Å². The fourth-order valence-corrected chi connectivity index (χ4v) is 23.5. The van der Waals surface area contributed by atoms with Gasteiger partial charge in [0.15, 0.2) is 13.2 Å². The van der Waals surface area contributed by atoms with E-state index in [1.807, 2.05) is 96.9 Å². The van der Waals surface area contributed by atoms with Crippen LogP contribution in [0.3, 0.4) is 0 Å². The van der Waals surface area contributed by atoms with Crippen molar-refractivity contribution >= 4 is 47.8 Å². The van der Waals surface area contributed by atoms with Crippen LogP contribution in [0.25, 0.3) is 0 Å². The van der Waals surface area contributed by atoms with Crippen LogP contribution in [0, 0.1) is 137 Å². The van der Waals surface area contributed by atoms with Gasteiger partial charge < -0.3 is 37.9 Å². The molecule has 0 aromatic carbocycles. The third-order valence-electron chi connectivity index (χ3n) is 38.0. The molecular formula is C123H226O16. The van der Waals surface area contributed by atoms with Gasteiger partial charge >= 0.3 is 47.8 Å². The second-order valence-corrected chi connectivity index (χ2v) is 56.0. The van der Waals surface area contributed by atoms with E-state index in [0.717, 1.165) is 151 Å². The van der Waals surface area contributed by atoms with Crippen LogP contribution < -0.4 is 0 Å². The predicted molar refractivity (Wildman–Crippen MR) is 576 cm³/mol.